The highest BCUT2D eigenvalue weighted by molar-refractivity contribution is 7.91. The van der Waals surface area contributed by atoms with Gasteiger partial charge in [0.05, 0.1) is 22.3 Å². The van der Waals surface area contributed by atoms with Gasteiger partial charge in [0.15, 0.2) is 9.84 Å². The van der Waals surface area contributed by atoms with Crippen molar-refractivity contribution in [1.82, 2.24) is 5.32 Å². The summed E-state index contributed by atoms with van der Waals surface area (Å²) in [6, 6.07) is 8.12. The van der Waals surface area contributed by atoms with Crippen molar-refractivity contribution in [3.63, 3.8) is 0 Å². The molecule has 0 saturated heterocycles. The van der Waals surface area contributed by atoms with Gasteiger partial charge >= 0.3 is 0 Å². The summed E-state index contributed by atoms with van der Waals surface area (Å²) in [4.78, 5) is 0.298. The molecule has 0 atom stereocenters. The van der Waals surface area contributed by atoms with Gasteiger partial charge in [-0.25, -0.2) is 8.42 Å². The average Bonchev–Trinajstić information content (AvgIpc) is 3.37. The van der Waals surface area contributed by atoms with Gasteiger partial charge in [-0.3, -0.25) is 0 Å². The minimum Gasteiger partial charge on any atom is -0.315 e. The number of hydrogen-bond donors (Lipinski definition) is 1. The van der Waals surface area contributed by atoms with Gasteiger partial charge in [0, 0.05) is 13.1 Å². The lowest BCUT2D eigenvalue weighted by atomic mass is 10.0. The van der Waals surface area contributed by atoms with E-state index in [9.17, 15) is 8.42 Å². The zero-order valence-electron chi connectivity index (χ0n) is 12.0. The maximum absolute atomic E-state index is 12.2. The van der Waals surface area contributed by atoms with Crippen LogP contribution in [0.1, 0.15) is 31.2 Å². The monoisotopic (exact) mass is 304 g/mol. The van der Waals surface area contributed by atoms with Crippen LogP contribution in [0.2, 0.25) is 0 Å². The fourth-order valence-electron chi connectivity index (χ4n) is 2.98. The van der Waals surface area contributed by atoms with Gasteiger partial charge in [0.2, 0.25) is 0 Å². The lowest BCUT2D eigenvalue weighted by Gasteiger charge is -2.15. The normalized spacial score (nSPS) is 20.0. The molecule has 112 valence electrons. The minimum atomic E-state index is -3.26. The van der Waals surface area contributed by atoms with Crippen molar-refractivity contribution in [3.8, 4) is 6.07 Å². The van der Waals surface area contributed by atoms with Crippen molar-refractivity contribution in [1.29, 1.82) is 5.26 Å². The number of hydrogen-bond acceptors (Lipinski definition) is 4. The molecule has 0 aliphatic heterocycles. The molecule has 2 saturated carbocycles. The van der Waals surface area contributed by atoms with Gasteiger partial charge in [-0.05, 0) is 61.3 Å². The third-order valence-electron chi connectivity index (χ3n) is 4.70. The number of benzene rings is 1. The number of nitrogens with one attached hydrogen (secondary N) is 1. The van der Waals surface area contributed by atoms with Crippen LogP contribution in [0.3, 0.4) is 0 Å². The highest BCUT2D eigenvalue weighted by Gasteiger charge is 2.53. The molecule has 0 unspecified atom stereocenters. The first-order chi connectivity index (χ1) is 10.1. The van der Waals surface area contributed by atoms with E-state index in [0.717, 1.165) is 12.5 Å². The first-order valence-corrected chi connectivity index (χ1v) is 9.15. The summed E-state index contributed by atoms with van der Waals surface area (Å²) in [5, 5.41) is 12.1. The van der Waals surface area contributed by atoms with Crippen LogP contribution in [0.5, 0.6) is 0 Å². The standard InChI is InChI=1S/C16H20N2O2S/c17-11-13-1-5-15(6-2-13)21(19,20)10-9-18-12-16(7-8-16)14-3-4-14/h1-2,5-6,14,18H,3-4,7-10,12H2. The van der Waals surface area contributed by atoms with Crippen LogP contribution in [0.4, 0.5) is 0 Å². The third kappa shape index (κ3) is 3.28. The molecule has 5 heteroatoms. The molecule has 0 spiro atoms. The van der Waals surface area contributed by atoms with Crippen molar-refractivity contribution in [2.75, 3.05) is 18.8 Å². The quantitative estimate of drug-likeness (QED) is 0.783. The highest BCUT2D eigenvalue weighted by atomic mass is 32.2. The summed E-state index contributed by atoms with van der Waals surface area (Å²) in [5.41, 5.74) is 0.977. The molecular weight excluding hydrogens is 284 g/mol. The molecule has 4 nitrogen and oxygen atoms in total. The lowest BCUT2D eigenvalue weighted by molar-refractivity contribution is 0.409. The Kier molecular flexibility index (Phi) is 3.76. The first kappa shape index (κ1) is 14.6. The maximum atomic E-state index is 12.2. The lowest BCUT2D eigenvalue weighted by Crippen LogP contribution is -2.30. The Hall–Kier alpha value is -1.38. The molecule has 0 heterocycles. The topological polar surface area (TPSA) is 70.0 Å². The van der Waals surface area contributed by atoms with Crippen LogP contribution in [0.25, 0.3) is 0 Å². The van der Waals surface area contributed by atoms with E-state index in [4.69, 9.17) is 5.26 Å². The van der Waals surface area contributed by atoms with Gasteiger partial charge in [-0.15, -0.1) is 0 Å². The van der Waals surface area contributed by atoms with Crippen molar-refractivity contribution in [3.05, 3.63) is 29.8 Å². The summed E-state index contributed by atoms with van der Waals surface area (Å²) in [5.74, 6) is 1.000. The van der Waals surface area contributed by atoms with Crippen molar-refractivity contribution in [2.24, 2.45) is 11.3 Å². The van der Waals surface area contributed by atoms with Crippen molar-refractivity contribution in [2.45, 2.75) is 30.6 Å². The predicted octanol–water partition coefficient (Wildman–Crippen LogP) is 2.11. The van der Waals surface area contributed by atoms with Crippen LogP contribution >= 0.6 is 0 Å². The van der Waals surface area contributed by atoms with Gasteiger partial charge < -0.3 is 5.32 Å². The molecule has 1 N–H and O–H groups in total. The summed E-state index contributed by atoms with van der Waals surface area (Å²) < 4.78 is 24.4. The number of nitrogens with zero attached hydrogens (tertiary/aromatic N) is 1. The number of sulfone groups is 1. The first-order valence-electron chi connectivity index (χ1n) is 7.49. The molecule has 2 aliphatic rings. The summed E-state index contributed by atoms with van der Waals surface area (Å²) in [6.45, 7) is 1.46. The van der Waals surface area contributed by atoms with E-state index in [-0.39, 0.29) is 5.75 Å². The molecule has 21 heavy (non-hydrogen) atoms. The van der Waals surface area contributed by atoms with Crippen LogP contribution < -0.4 is 5.32 Å². The van der Waals surface area contributed by atoms with E-state index in [0.29, 0.717) is 22.4 Å². The van der Waals surface area contributed by atoms with Gasteiger partial charge in [-0.2, -0.15) is 5.26 Å². The molecule has 0 amide bonds. The van der Waals surface area contributed by atoms with E-state index >= 15 is 0 Å². The Bertz CT molecular complexity index is 651. The highest BCUT2D eigenvalue weighted by Crippen LogP contribution is 2.60. The number of rotatable bonds is 7. The van der Waals surface area contributed by atoms with E-state index in [2.05, 4.69) is 5.32 Å². The molecule has 3 rings (SSSR count). The second-order valence-electron chi connectivity index (χ2n) is 6.27. The third-order valence-corrected chi connectivity index (χ3v) is 6.43. The summed E-state index contributed by atoms with van der Waals surface area (Å²) >= 11 is 0. The van der Waals surface area contributed by atoms with Crippen LogP contribution in [-0.4, -0.2) is 27.3 Å². The predicted molar refractivity (Wildman–Crippen MR) is 80.5 cm³/mol. The summed E-state index contributed by atoms with van der Waals surface area (Å²) in [6.07, 6.45) is 5.30. The van der Waals surface area contributed by atoms with Gasteiger partial charge in [0.1, 0.15) is 0 Å². The minimum absolute atomic E-state index is 0.111. The molecule has 2 aliphatic carbocycles. The Morgan fingerprint density at radius 2 is 1.90 bits per heavy atom. The van der Waals surface area contributed by atoms with E-state index in [1.54, 1.807) is 12.1 Å². The summed E-state index contributed by atoms with van der Waals surface area (Å²) in [7, 11) is -3.26. The molecule has 0 aromatic heterocycles. The molecular formula is C16H20N2O2S. The SMILES string of the molecule is N#Cc1ccc(S(=O)(=O)CCNCC2(C3CC3)CC2)cc1. The van der Waals surface area contributed by atoms with E-state index in [1.165, 1.54) is 37.8 Å². The molecule has 1 aromatic rings. The largest absolute Gasteiger partial charge is 0.315 e. The molecule has 0 radical (unpaired) electrons. The van der Waals surface area contributed by atoms with Crippen LogP contribution in [-0.2, 0) is 9.84 Å². The van der Waals surface area contributed by atoms with Crippen LogP contribution in [0, 0.1) is 22.7 Å². The molecule has 1 aromatic carbocycles. The van der Waals surface area contributed by atoms with Crippen molar-refractivity contribution >= 4 is 9.84 Å². The fourth-order valence-corrected chi connectivity index (χ4v) is 4.18. The fraction of sp³-hybridized carbons (Fsp3) is 0.562. The molecule has 2 fully saturated rings. The van der Waals surface area contributed by atoms with E-state index in [1.807, 2.05) is 6.07 Å². The Morgan fingerprint density at radius 3 is 2.43 bits per heavy atom. The second-order valence-corrected chi connectivity index (χ2v) is 8.38. The second kappa shape index (κ2) is 5.43. The van der Waals surface area contributed by atoms with E-state index < -0.39 is 9.84 Å². The molecule has 0 bridgehead atoms. The Balaban J connectivity index is 1.50. The maximum Gasteiger partial charge on any atom is 0.179 e. The zero-order chi connectivity index (χ0) is 14.9. The average molecular weight is 304 g/mol. The Morgan fingerprint density at radius 1 is 1.24 bits per heavy atom. The smallest absolute Gasteiger partial charge is 0.179 e. The van der Waals surface area contributed by atoms with Gasteiger partial charge in [-0.1, -0.05) is 0 Å². The van der Waals surface area contributed by atoms with Gasteiger partial charge in [0.25, 0.3) is 0 Å². The zero-order valence-corrected chi connectivity index (χ0v) is 12.8. The Labute approximate surface area is 126 Å². The number of nitriles is 1. The van der Waals surface area contributed by atoms with Crippen molar-refractivity contribution < 1.29 is 8.42 Å². The van der Waals surface area contributed by atoms with Crippen LogP contribution in [0.15, 0.2) is 29.2 Å².